The van der Waals surface area contributed by atoms with Gasteiger partial charge in [0, 0.05) is 0 Å². The molecule has 1 aromatic rings. The summed E-state index contributed by atoms with van der Waals surface area (Å²) in [7, 11) is 0. The number of rotatable bonds is 3. The number of aromatic nitrogens is 3. The molecule has 11 heavy (non-hydrogen) atoms. The van der Waals surface area contributed by atoms with Crippen molar-refractivity contribution in [3.8, 4) is 0 Å². The van der Waals surface area contributed by atoms with Crippen molar-refractivity contribution in [2.75, 3.05) is 5.43 Å². The van der Waals surface area contributed by atoms with E-state index in [4.69, 9.17) is 5.11 Å². The molecular weight excluding hydrogens is 148 g/mol. The molecule has 1 rings (SSSR count). The first kappa shape index (κ1) is 7.52. The van der Waals surface area contributed by atoms with Gasteiger partial charge in [0.1, 0.15) is 6.04 Å². The summed E-state index contributed by atoms with van der Waals surface area (Å²) in [6, 6.07) is -0.692. The third-order valence-electron chi connectivity index (χ3n) is 1.10. The average Bonchev–Trinajstić information content (AvgIpc) is 2.39. The number of carboxylic acids is 1. The second kappa shape index (κ2) is 3.00. The summed E-state index contributed by atoms with van der Waals surface area (Å²) in [6.07, 6.45) is 2.92. The van der Waals surface area contributed by atoms with Gasteiger partial charge in [-0.2, -0.15) is 0 Å². The molecule has 0 aliphatic rings. The van der Waals surface area contributed by atoms with Crippen molar-refractivity contribution < 1.29 is 9.90 Å². The van der Waals surface area contributed by atoms with Crippen LogP contribution in [0.15, 0.2) is 12.4 Å². The lowest BCUT2D eigenvalue weighted by atomic mass is 10.4. The van der Waals surface area contributed by atoms with Crippen LogP contribution in [-0.4, -0.2) is 32.2 Å². The summed E-state index contributed by atoms with van der Waals surface area (Å²) in [4.78, 5) is 11.4. The van der Waals surface area contributed by atoms with Crippen molar-refractivity contribution in [2.45, 2.75) is 13.0 Å². The molecule has 60 valence electrons. The lowest BCUT2D eigenvalue weighted by Crippen LogP contribution is -2.33. The van der Waals surface area contributed by atoms with Gasteiger partial charge < -0.3 is 5.11 Å². The fourth-order valence-electron chi connectivity index (χ4n) is 0.511. The van der Waals surface area contributed by atoms with E-state index in [1.807, 2.05) is 0 Å². The summed E-state index contributed by atoms with van der Waals surface area (Å²) in [5.41, 5.74) is 2.52. The van der Waals surface area contributed by atoms with Crippen LogP contribution in [-0.2, 0) is 4.79 Å². The topological polar surface area (TPSA) is 80.0 Å². The van der Waals surface area contributed by atoms with Gasteiger partial charge in [-0.15, -0.1) is 10.2 Å². The Morgan fingerprint density at radius 2 is 2.18 bits per heavy atom. The maximum atomic E-state index is 10.3. The van der Waals surface area contributed by atoms with Gasteiger partial charge in [0.15, 0.2) is 0 Å². The summed E-state index contributed by atoms with van der Waals surface area (Å²) in [6.45, 7) is 1.51. The largest absolute Gasteiger partial charge is 0.480 e. The molecule has 6 heteroatoms. The zero-order chi connectivity index (χ0) is 8.27. The molecular formula is C5H8N4O2. The fourth-order valence-corrected chi connectivity index (χ4v) is 0.511. The quantitative estimate of drug-likeness (QED) is 0.604. The van der Waals surface area contributed by atoms with Crippen molar-refractivity contribution in [2.24, 2.45) is 0 Å². The van der Waals surface area contributed by atoms with E-state index in [2.05, 4.69) is 15.6 Å². The predicted octanol–water partition coefficient (Wildman–Crippen LogP) is -0.705. The van der Waals surface area contributed by atoms with E-state index in [1.165, 1.54) is 19.3 Å². The SMILES string of the molecule is C[C@H](Nn1nccn1)C(=O)O. The number of aliphatic carboxylic acids is 1. The smallest absolute Gasteiger partial charge is 0.327 e. The molecule has 0 aliphatic heterocycles. The van der Waals surface area contributed by atoms with Crippen LogP contribution in [0, 0.1) is 0 Å². The minimum Gasteiger partial charge on any atom is -0.480 e. The Morgan fingerprint density at radius 1 is 1.64 bits per heavy atom. The van der Waals surface area contributed by atoms with Gasteiger partial charge in [0.05, 0.1) is 12.4 Å². The average molecular weight is 156 g/mol. The third kappa shape index (κ3) is 1.92. The Labute approximate surface area is 62.8 Å². The van der Waals surface area contributed by atoms with Crippen molar-refractivity contribution in [3.05, 3.63) is 12.4 Å². The molecule has 0 aliphatic carbocycles. The second-order valence-corrected chi connectivity index (χ2v) is 2.01. The van der Waals surface area contributed by atoms with E-state index in [1.54, 1.807) is 0 Å². The van der Waals surface area contributed by atoms with E-state index in [0.717, 1.165) is 4.91 Å². The van der Waals surface area contributed by atoms with Crippen LogP contribution < -0.4 is 5.43 Å². The number of hydrogen-bond acceptors (Lipinski definition) is 4. The van der Waals surface area contributed by atoms with E-state index >= 15 is 0 Å². The van der Waals surface area contributed by atoms with Gasteiger partial charge in [-0.25, -0.2) is 4.79 Å². The van der Waals surface area contributed by atoms with Gasteiger partial charge in [-0.1, -0.05) is 4.91 Å². The highest BCUT2D eigenvalue weighted by Gasteiger charge is 2.09. The fraction of sp³-hybridized carbons (Fsp3) is 0.400. The summed E-state index contributed by atoms with van der Waals surface area (Å²) >= 11 is 0. The molecule has 1 aromatic heterocycles. The molecule has 0 spiro atoms. The number of carboxylic acid groups (broad SMARTS) is 1. The van der Waals surface area contributed by atoms with Crippen molar-refractivity contribution >= 4 is 5.97 Å². The van der Waals surface area contributed by atoms with Crippen LogP contribution in [0.1, 0.15) is 6.92 Å². The van der Waals surface area contributed by atoms with Gasteiger partial charge in [0.25, 0.3) is 0 Å². The second-order valence-electron chi connectivity index (χ2n) is 2.01. The zero-order valence-corrected chi connectivity index (χ0v) is 5.93. The van der Waals surface area contributed by atoms with Gasteiger partial charge in [0.2, 0.25) is 0 Å². The minimum atomic E-state index is -0.942. The van der Waals surface area contributed by atoms with E-state index in [0.29, 0.717) is 0 Å². The highest BCUT2D eigenvalue weighted by molar-refractivity contribution is 5.74. The highest BCUT2D eigenvalue weighted by Crippen LogP contribution is 1.82. The lowest BCUT2D eigenvalue weighted by molar-refractivity contribution is -0.137. The van der Waals surface area contributed by atoms with E-state index in [-0.39, 0.29) is 0 Å². The minimum absolute atomic E-state index is 0.692. The van der Waals surface area contributed by atoms with Crippen molar-refractivity contribution in [3.63, 3.8) is 0 Å². The van der Waals surface area contributed by atoms with Gasteiger partial charge in [-0.05, 0) is 6.92 Å². The normalized spacial score (nSPS) is 12.5. The number of hydrogen-bond donors (Lipinski definition) is 2. The van der Waals surface area contributed by atoms with Crippen LogP contribution in [0.3, 0.4) is 0 Å². The number of nitrogens with zero attached hydrogens (tertiary/aromatic N) is 3. The maximum absolute atomic E-state index is 10.3. The Kier molecular flexibility index (Phi) is 2.05. The van der Waals surface area contributed by atoms with Crippen molar-refractivity contribution in [1.82, 2.24) is 15.1 Å². The molecule has 0 saturated carbocycles. The molecule has 1 heterocycles. The third-order valence-corrected chi connectivity index (χ3v) is 1.10. The predicted molar refractivity (Wildman–Crippen MR) is 36.5 cm³/mol. The summed E-state index contributed by atoms with van der Waals surface area (Å²) < 4.78 is 0. The van der Waals surface area contributed by atoms with E-state index in [9.17, 15) is 4.79 Å². The summed E-state index contributed by atoms with van der Waals surface area (Å²) in [5.74, 6) is -0.942. The standard InChI is InChI=1S/C5H8N4O2/c1-4(5(10)11)8-9-6-2-3-7-9/h2-4,8H,1H3,(H,10,11)/t4-/m0/s1. The molecule has 0 saturated heterocycles. The molecule has 1 atom stereocenters. The molecule has 2 N–H and O–H groups in total. The van der Waals surface area contributed by atoms with Crippen LogP contribution in [0.2, 0.25) is 0 Å². The first-order chi connectivity index (χ1) is 5.20. The first-order valence-corrected chi connectivity index (χ1v) is 3.06. The summed E-state index contributed by atoms with van der Waals surface area (Å²) in [5, 5.41) is 15.8. The molecule has 0 radical (unpaired) electrons. The van der Waals surface area contributed by atoms with Gasteiger partial charge in [-0.3, -0.25) is 5.43 Å². The molecule has 0 aromatic carbocycles. The van der Waals surface area contributed by atoms with Crippen LogP contribution in [0.5, 0.6) is 0 Å². The Bertz CT molecular complexity index is 233. The van der Waals surface area contributed by atoms with Crippen LogP contribution in [0.25, 0.3) is 0 Å². The van der Waals surface area contributed by atoms with Crippen LogP contribution >= 0.6 is 0 Å². The molecule has 0 fully saturated rings. The molecule has 0 bridgehead atoms. The van der Waals surface area contributed by atoms with E-state index < -0.39 is 12.0 Å². The molecule has 0 unspecified atom stereocenters. The maximum Gasteiger partial charge on any atom is 0.327 e. The van der Waals surface area contributed by atoms with Crippen LogP contribution in [0.4, 0.5) is 0 Å². The Balaban J connectivity index is 2.50. The molecule has 6 nitrogen and oxygen atoms in total. The van der Waals surface area contributed by atoms with Crippen molar-refractivity contribution in [1.29, 1.82) is 0 Å². The monoisotopic (exact) mass is 156 g/mol. The van der Waals surface area contributed by atoms with Gasteiger partial charge >= 0.3 is 5.97 Å². The highest BCUT2D eigenvalue weighted by atomic mass is 16.4. The number of nitrogens with one attached hydrogen (secondary N) is 1. The Hall–Kier alpha value is -1.59. The molecule has 0 amide bonds. The Morgan fingerprint density at radius 3 is 2.64 bits per heavy atom. The first-order valence-electron chi connectivity index (χ1n) is 3.06. The zero-order valence-electron chi connectivity index (χ0n) is 5.93. The lowest BCUT2D eigenvalue weighted by Gasteiger charge is -2.07. The number of carbonyl (C=O) groups is 1.